The van der Waals surface area contributed by atoms with Crippen LogP contribution in [0.3, 0.4) is 0 Å². The maximum Gasteiger partial charge on any atom is 0.336 e. The number of anilines is 2. The molecule has 1 aliphatic carbocycles. The van der Waals surface area contributed by atoms with Crippen molar-refractivity contribution in [1.29, 1.82) is 0 Å². The van der Waals surface area contributed by atoms with E-state index in [0.29, 0.717) is 40.9 Å². The molecule has 1 heterocycles. The van der Waals surface area contributed by atoms with E-state index in [4.69, 9.17) is 27.9 Å². The number of benzene rings is 3. The second-order valence-electron chi connectivity index (χ2n) is 8.07. The molecule has 32 heavy (non-hydrogen) atoms. The quantitative estimate of drug-likeness (QED) is 0.427. The maximum absolute atomic E-state index is 13.6. The highest BCUT2D eigenvalue weighted by atomic mass is 35.5. The Balaban J connectivity index is 1.43. The number of carbonyl (C=O) groups is 2. The Labute approximate surface area is 196 Å². The number of hydrogen-bond acceptors (Lipinski definition) is 3. The van der Waals surface area contributed by atoms with Crippen LogP contribution in [0, 0.1) is 0 Å². The zero-order chi connectivity index (χ0) is 22.3. The summed E-state index contributed by atoms with van der Waals surface area (Å²) in [5.41, 5.74) is 1.21. The highest BCUT2D eigenvalue weighted by Gasteiger charge is 2.65. The van der Waals surface area contributed by atoms with Crippen molar-refractivity contribution >= 4 is 46.5 Å². The lowest BCUT2D eigenvalue weighted by Gasteiger charge is -2.47. The van der Waals surface area contributed by atoms with E-state index in [1.54, 1.807) is 53.4 Å². The SMILES string of the molecule is O=C1N(c2ccc(Cl)cc2)C(=O)C2(CC(OCc3ccccc3)C2)N1c1ccc(Cl)cc1. The third kappa shape index (κ3) is 3.56. The lowest BCUT2D eigenvalue weighted by molar-refractivity contribution is -0.131. The predicted octanol–water partition coefficient (Wildman–Crippen LogP) is 6.08. The molecule has 3 aromatic rings. The van der Waals surface area contributed by atoms with Crippen molar-refractivity contribution in [2.75, 3.05) is 9.80 Å². The number of nitrogens with zero attached hydrogens (tertiary/aromatic N) is 2. The number of rotatable bonds is 5. The molecule has 5 rings (SSSR count). The van der Waals surface area contributed by atoms with Crippen LogP contribution in [-0.2, 0) is 16.1 Å². The van der Waals surface area contributed by atoms with Crippen molar-refractivity contribution < 1.29 is 14.3 Å². The van der Waals surface area contributed by atoms with E-state index in [2.05, 4.69) is 0 Å². The number of hydrogen-bond donors (Lipinski definition) is 0. The van der Waals surface area contributed by atoms with E-state index in [1.165, 1.54) is 4.90 Å². The Morgan fingerprint density at radius 3 is 1.97 bits per heavy atom. The molecule has 1 saturated carbocycles. The van der Waals surface area contributed by atoms with Gasteiger partial charge in [0.2, 0.25) is 0 Å². The molecule has 0 N–H and O–H groups in total. The summed E-state index contributed by atoms with van der Waals surface area (Å²) in [5.74, 6) is -0.251. The van der Waals surface area contributed by atoms with E-state index < -0.39 is 5.54 Å². The Hall–Kier alpha value is -2.86. The topological polar surface area (TPSA) is 49.9 Å². The fourth-order valence-electron chi connectivity index (χ4n) is 4.40. The van der Waals surface area contributed by atoms with Crippen LogP contribution in [0.1, 0.15) is 18.4 Å². The lowest BCUT2D eigenvalue weighted by Crippen LogP contribution is -2.61. The first-order valence-electron chi connectivity index (χ1n) is 10.3. The number of ether oxygens (including phenoxy) is 1. The number of amides is 3. The Morgan fingerprint density at radius 1 is 0.812 bits per heavy atom. The zero-order valence-corrected chi connectivity index (χ0v) is 18.6. The van der Waals surface area contributed by atoms with Crippen molar-refractivity contribution in [2.45, 2.75) is 31.1 Å². The van der Waals surface area contributed by atoms with Gasteiger partial charge in [0.05, 0.1) is 18.4 Å². The molecule has 0 unspecified atom stereocenters. The molecule has 1 spiro atoms. The van der Waals surface area contributed by atoms with Crippen LogP contribution in [0.2, 0.25) is 10.0 Å². The number of urea groups is 1. The van der Waals surface area contributed by atoms with Gasteiger partial charge in [-0.1, -0.05) is 53.5 Å². The normalized spacial score (nSPS) is 22.5. The van der Waals surface area contributed by atoms with E-state index in [0.717, 1.165) is 5.56 Å². The van der Waals surface area contributed by atoms with Gasteiger partial charge in [0.15, 0.2) is 0 Å². The maximum atomic E-state index is 13.6. The van der Waals surface area contributed by atoms with Gasteiger partial charge in [0.1, 0.15) is 5.54 Å². The molecule has 2 fully saturated rings. The van der Waals surface area contributed by atoms with Crippen LogP contribution < -0.4 is 9.80 Å². The molecule has 7 heteroatoms. The summed E-state index contributed by atoms with van der Waals surface area (Å²) in [5, 5.41) is 1.10. The fourth-order valence-corrected chi connectivity index (χ4v) is 4.65. The summed E-state index contributed by atoms with van der Waals surface area (Å²) in [6.45, 7) is 0.464. The minimum atomic E-state index is -0.980. The van der Waals surface area contributed by atoms with Crippen molar-refractivity contribution in [3.63, 3.8) is 0 Å². The molecule has 0 atom stereocenters. The monoisotopic (exact) mass is 466 g/mol. The van der Waals surface area contributed by atoms with Crippen LogP contribution in [0.4, 0.5) is 16.2 Å². The van der Waals surface area contributed by atoms with Crippen LogP contribution in [0.15, 0.2) is 78.9 Å². The second kappa shape index (κ2) is 8.24. The average Bonchev–Trinajstić information content (AvgIpc) is 3.00. The summed E-state index contributed by atoms with van der Waals surface area (Å²) in [6.07, 6.45) is 0.737. The largest absolute Gasteiger partial charge is 0.373 e. The number of halogens is 2. The molecule has 0 radical (unpaired) electrons. The van der Waals surface area contributed by atoms with Crippen LogP contribution >= 0.6 is 23.2 Å². The van der Waals surface area contributed by atoms with Crippen molar-refractivity contribution in [2.24, 2.45) is 0 Å². The molecular weight excluding hydrogens is 447 g/mol. The summed E-state index contributed by atoms with van der Waals surface area (Å²) in [7, 11) is 0. The number of imide groups is 1. The van der Waals surface area contributed by atoms with Gasteiger partial charge in [-0.2, -0.15) is 0 Å². The smallest absolute Gasteiger partial charge is 0.336 e. The fraction of sp³-hybridized carbons (Fsp3) is 0.200. The van der Waals surface area contributed by atoms with Gasteiger partial charge in [0, 0.05) is 28.6 Å². The van der Waals surface area contributed by atoms with Crippen LogP contribution in [0.5, 0.6) is 0 Å². The Morgan fingerprint density at radius 2 is 1.38 bits per heavy atom. The van der Waals surface area contributed by atoms with Gasteiger partial charge in [-0.15, -0.1) is 0 Å². The first-order valence-corrected chi connectivity index (χ1v) is 11.1. The minimum absolute atomic E-state index is 0.119. The number of carbonyl (C=O) groups excluding carboxylic acids is 2. The third-order valence-electron chi connectivity index (χ3n) is 6.04. The van der Waals surface area contributed by atoms with Crippen molar-refractivity contribution in [3.8, 4) is 0 Å². The minimum Gasteiger partial charge on any atom is -0.373 e. The molecular formula is C25H20Cl2N2O3. The molecule has 3 aromatic carbocycles. The van der Waals surface area contributed by atoms with Crippen molar-refractivity contribution in [1.82, 2.24) is 0 Å². The summed E-state index contributed by atoms with van der Waals surface area (Å²) in [6, 6.07) is 23.2. The van der Waals surface area contributed by atoms with Gasteiger partial charge in [-0.25, -0.2) is 9.69 Å². The molecule has 1 saturated heterocycles. The van der Waals surface area contributed by atoms with E-state index in [9.17, 15) is 9.59 Å². The Kier molecular flexibility index (Phi) is 5.41. The molecule has 162 valence electrons. The van der Waals surface area contributed by atoms with E-state index >= 15 is 0 Å². The molecule has 2 aliphatic rings. The van der Waals surface area contributed by atoms with Crippen molar-refractivity contribution in [3.05, 3.63) is 94.5 Å². The first kappa shape index (κ1) is 21.0. The summed E-state index contributed by atoms with van der Waals surface area (Å²) < 4.78 is 6.05. The van der Waals surface area contributed by atoms with Crippen LogP contribution in [0.25, 0.3) is 0 Å². The molecule has 0 bridgehead atoms. The van der Waals surface area contributed by atoms with E-state index in [-0.39, 0.29) is 18.0 Å². The average molecular weight is 467 g/mol. The second-order valence-corrected chi connectivity index (χ2v) is 8.94. The standard InChI is InChI=1S/C25H20Cl2N2O3/c26-18-6-10-20(11-7-18)28-23(30)25(29(24(28)31)21-12-8-19(27)9-13-21)14-22(15-25)32-16-17-4-2-1-3-5-17/h1-13,22H,14-16H2. The first-order chi connectivity index (χ1) is 15.5. The van der Waals surface area contributed by atoms with Gasteiger partial charge < -0.3 is 4.74 Å². The third-order valence-corrected chi connectivity index (χ3v) is 6.54. The van der Waals surface area contributed by atoms with E-state index in [1.807, 2.05) is 30.3 Å². The summed E-state index contributed by atoms with van der Waals surface area (Å²) >= 11 is 12.1. The molecule has 5 nitrogen and oxygen atoms in total. The van der Waals surface area contributed by atoms with Gasteiger partial charge in [-0.3, -0.25) is 9.69 Å². The van der Waals surface area contributed by atoms with Gasteiger partial charge in [-0.05, 0) is 54.1 Å². The molecule has 3 amide bonds. The molecule has 0 aromatic heterocycles. The summed E-state index contributed by atoms with van der Waals surface area (Å²) in [4.78, 5) is 30.0. The highest BCUT2D eigenvalue weighted by Crippen LogP contribution is 2.49. The highest BCUT2D eigenvalue weighted by molar-refractivity contribution is 6.33. The predicted molar refractivity (Wildman–Crippen MR) is 125 cm³/mol. The van der Waals surface area contributed by atoms with Crippen LogP contribution in [-0.4, -0.2) is 23.6 Å². The van der Waals surface area contributed by atoms with Gasteiger partial charge >= 0.3 is 6.03 Å². The Bertz CT molecular complexity index is 1140. The zero-order valence-electron chi connectivity index (χ0n) is 17.1. The lowest BCUT2D eigenvalue weighted by atomic mass is 9.72. The van der Waals surface area contributed by atoms with Gasteiger partial charge in [0.25, 0.3) is 5.91 Å². The molecule has 1 aliphatic heterocycles.